The predicted molar refractivity (Wildman–Crippen MR) is 43.3 cm³/mol. The Kier molecular flexibility index (Phi) is 6.18. The van der Waals surface area contributed by atoms with Gasteiger partial charge in [-0.3, -0.25) is 0 Å². The van der Waals surface area contributed by atoms with Gasteiger partial charge in [-0.25, -0.2) is 0 Å². The molecule has 0 aliphatic heterocycles. The van der Waals surface area contributed by atoms with Crippen LogP contribution in [0.4, 0.5) is 0 Å². The predicted octanol–water partition coefficient (Wildman–Crippen LogP) is 1.01. The van der Waals surface area contributed by atoms with Crippen molar-refractivity contribution in [3.05, 3.63) is 0 Å². The highest BCUT2D eigenvalue weighted by molar-refractivity contribution is 5.81. The monoisotopic (exact) mass is 144 g/mol. The molecule has 0 aliphatic carbocycles. The van der Waals surface area contributed by atoms with Crippen LogP contribution >= 0.6 is 0 Å². The SMILES string of the molecule is CC/C(C)=N/NCCOC. The summed E-state index contributed by atoms with van der Waals surface area (Å²) in [5, 5.41) is 4.07. The van der Waals surface area contributed by atoms with Gasteiger partial charge < -0.3 is 10.2 Å². The van der Waals surface area contributed by atoms with Crippen LogP contribution in [0.15, 0.2) is 5.10 Å². The smallest absolute Gasteiger partial charge is 0.0652 e. The van der Waals surface area contributed by atoms with E-state index in [4.69, 9.17) is 4.74 Å². The minimum atomic E-state index is 0.709. The van der Waals surface area contributed by atoms with Gasteiger partial charge in [-0.15, -0.1) is 0 Å². The first-order valence-corrected chi connectivity index (χ1v) is 3.56. The molecule has 0 radical (unpaired) electrons. The summed E-state index contributed by atoms with van der Waals surface area (Å²) in [7, 11) is 1.68. The molecule has 0 fully saturated rings. The number of hydrogen-bond donors (Lipinski definition) is 1. The zero-order valence-corrected chi connectivity index (χ0v) is 6.98. The second-order valence-corrected chi connectivity index (χ2v) is 2.10. The van der Waals surface area contributed by atoms with Gasteiger partial charge in [0.15, 0.2) is 0 Å². The van der Waals surface area contributed by atoms with Crippen LogP contribution in [-0.2, 0) is 4.74 Å². The maximum atomic E-state index is 4.83. The van der Waals surface area contributed by atoms with E-state index in [1.54, 1.807) is 7.11 Å². The zero-order chi connectivity index (χ0) is 7.82. The van der Waals surface area contributed by atoms with Crippen LogP contribution < -0.4 is 5.43 Å². The molecule has 3 nitrogen and oxygen atoms in total. The lowest BCUT2D eigenvalue weighted by Gasteiger charge is -1.99. The van der Waals surface area contributed by atoms with Crippen molar-refractivity contribution in [2.75, 3.05) is 20.3 Å². The van der Waals surface area contributed by atoms with Gasteiger partial charge in [0.1, 0.15) is 0 Å². The summed E-state index contributed by atoms with van der Waals surface area (Å²) in [4.78, 5) is 0. The number of nitrogens with zero attached hydrogens (tertiary/aromatic N) is 1. The Morgan fingerprint density at radius 3 is 2.80 bits per heavy atom. The van der Waals surface area contributed by atoms with Gasteiger partial charge >= 0.3 is 0 Å². The summed E-state index contributed by atoms with van der Waals surface area (Å²) in [6.45, 7) is 5.57. The lowest BCUT2D eigenvalue weighted by molar-refractivity contribution is 0.200. The van der Waals surface area contributed by atoms with Gasteiger partial charge in [-0.1, -0.05) is 6.92 Å². The van der Waals surface area contributed by atoms with E-state index < -0.39 is 0 Å². The summed E-state index contributed by atoms with van der Waals surface area (Å²) in [6.07, 6.45) is 1.000. The summed E-state index contributed by atoms with van der Waals surface area (Å²) < 4.78 is 4.83. The van der Waals surface area contributed by atoms with Crippen LogP contribution in [0.1, 0.15) is 20.3 Å². The third-order valence-electron chi connectivity index (χ3n) is 1.20. The zero-order valence-electron chi connectivity index (χ0n) is 6.98. The summed E-state index contributed by atoms with van der Waals surface area (Å²) in [5.74, 6) is 0. The minimum absolute atomic E-state index is 0.709. The quantitative estimate of drug-likeness (QED) is 0.355. The fourth-order valence-electron chi connectivity index (χ4n) is 0.418. The molecule has 0 unspecified atom stereocenters. The Balaban J connectivity index is 3.16. The number of ether oxygens (including phenoxy) is 1. The average molecular weight is 144 g/mol. The Labute approximate surface area is 62.5 Å². The molecule has 0 bridgehead atoms. The Morgan fingerprint density at radius 2 is 2.30 bits per heavy atom. The number of nitrogens with one attached hydrogen (secondary N) is 1. The van der Waals surface area contributed by atoms with Gasteiger partial charge in [0.05, 0.1) is 13.2 Å². The van der Waals surface area contributed by atoms with Crippen molar-refractivity contribution in [2.45, 2.75) is 20.3 Å². The van der Waals surface area contributed by atoms with Crippen molar-refractivity contribution >= 4 is 5.71 Å². The largest absolute Gasteiger partial charge is 0.383 e. The molecule has 0 aromatic rings. The Morgan fingerprint density at radius 1 is 1.60 bits per heavy atom. The fraction of sp³-hybridized carbons (Fsp3) is 0.857. The molecule has 0 heterocycles. The van der Waals surface area contributed by atoms with Crippen LogP contribution in [-0.4, -0.2) is 26.0 Å². The van der Waals surface area contributed by atoms with E-state index in [1.165, 1.54) is 0 Å². The van der Waals surface area contributed by atoms with Gasteiger partial charge in [-0.05, 0) is 13.3 Å². The minimum Gasteiger partial charge on any atom is -0.383 e. The molecule has 0 aromatic heterocycles. The van der Waals surface area contributed by atoms with Crippen LogP contribution in [0.25, 0.3) is 0 Å². The Bertz CT molecular complexity index is 102. The van der Waals surface area contributed by atoms with E-state index in [1.807, 2.05) is 6.92 Å². The van der Waals surface area contributed by atoms with E-state index >= 15 is 0 Å². The highest BCUT2D eigenvalue weighted by Crippen LogP contribution is 1.79. The van der Waals surface area contributed by atoms with E-state index in [0.29, 0.717) is 6.61 Å². The molecule has 0 aromatic carbocycles. The van der Waals surface area contributed by atoms with Crippen molar-refractivity contribution in [3.63, 3.8) is 0 Å². The first-order valence-electron chi connectivity index (χ1n) is 3.56. The lowest BCUT2D eigenvalue weighted by atomic mass is 10.3. The van der Waals surface area contributed by atoms with E-state index in [9.17, 15) is 0 Å². The molecular formula is C7H16N2O. The van der Waals surface area contributed by atoms with E-state index in [0.717, 1.165) is 18.7 Å². The molecule has 0 rings (SSSR count). The second-order valence-electron chi connectivity index (χ2n) is 2.10. The van der Waals surface area contributed by atoms with Crippen LogP contribution in [0, 0.1) is 0 Å². The summed E-state index contributed by atoms with van der Waals surface area (Å²) in [5.41, 5.74) is 4.02. The molecule has 0 saturated carbocycles. The van der Waals surface area contributed by atoms with Crippen molar-refractivity contribution in [1.82, 2.24) is 5.43 Å². The molecule has 10 heavy (non-hydrogen) atoms. The van der Waals surface area contributed by atoms with Crippen molar-refractivity contribution in [1.29, 1.82) is 0 Å². The molecule has 1 N–H and O–H groups in total. The molecule has 0 saturated heterocycles. The van der Waals surface area contributed by atoms with E-state index in [2.05, 4.69) is 17.5 Å². The molecule has 0 atom stereocenters. The number of hydrazone groups is 1. The van der Waals surface area contributed by atoms with Crippen molar-refractivity contribution < 1.29 is 4.74 Å². The van der Waals surface area contributed by atoms with Gasteiger partial charge in [-0.2, -0.15) is 5.10 Å². The topological polar surface area (TPSA) is 33.6 Å². The third kappa shape index (κ3) is 5.56. The number of hydrogen-bond acceptors (Lipinski definition) is 3. The summed E-state index contributed by atoms with van der Waals surface area (Å²) >= 11 is 0. The van der Waals surface area contributed by atoms with Crippen molar-refractivity contribution in [2.24, 2.45) is 5.10 Å². The number of methoxy groups -OCH3 is 1. The van der Waals surface area contributed by atoms with Gasteiger partial charge in [0.2, 0.25) is 0 Å². The van der Waals surface area contributed by atoms with Crippen molar-refractivity contribution in [3.8, 4) is 0 Å². The third-order valence-corrected chi connectivity index (χ3v) is 1.20. The normalized spacial score (nSPS) is 11.7. The van der Waals surface area contributed by atoms with Crippen LogP contribution in [0.2, 0.25) is 0 Å². The molecule has 0 aliphatic rings. The molecule has 0 amide bonds. The Hall–Kier alpha value is -0.570. The van der Waals surface area contributed by atoms with Gasteiger partial charge in [0.25, 0.3) is 0 Å². The van der Waals surface area contributed by atoms with Gasteiger partial charge in [0, 0.05) is 12.8 Å². The van der Waals surface area contributed by atoms with Crippen LogP contribution in [0.5, 0.6) is 0 Å². The number of rotatable bonds is 5. The molecular weight excluding hydrogens is 128 g/mol. The van der Waals surface area contributed by atoms with Crippen LogP contribution in [0.3, 0.4) is 0 Å². The maximum Gasteiger partial charge on any atom is 0.0652 e. The first kappa shape index (κ1) is 9.43. The first-order chi connectivity index (χ1) is 4.81. The average Bonchev–Trinajstić information content (AvgIpc) is 1.98. The lowest BCUT2D eigenvalue weighted by Crippen LogP contribution is -2.14. The highest BCUT2D eigenvalue weighted by atomic mass is 16.5. The summed E-state index contributed by atoms with van der Waals surface area (Å²) in [6, 6.07) is 0. The second kappa shape index (κ2) is 6.55. The fourth-order valence-corrected chi connectivity index (χ4v) is 0.418. The highest BCUT2D eigenvalue weighted by Gasteiger charge is 1.83. The van der Waals surface area contributed by atoms with E-state index in [-0.39, 0.29) is 0 Å². The maximum absolute atomic E-state index is 4.83. The standard InChI is InChI=1S/C7H16N2O/c1-4-7(2)9-8-5-6-10-3/h8H,4-6H2,1-3H3/b9-7+. The molecule has 60 valence electrons. The molecule has 0 spiro atoms. The molecule has 3 heteroatoms.